The van der Waals surface area contributed by atoms with Crippen molar-refractivity contribution in [3.8, 4) is 0 Å². The molecule has 0 heterocycles. The average molecular weight is 282 g/mol. The predicted octanol–water partition coefficient (Wildman–Crippen LogP) is 1.89. The second kappa shape index (κ2) is 5.99. The topological polar surface area (TPSA) is 75.3 Å². The summed E-state index contributed by atoms with van der Waals surface area (Å²) in [5.74, 6) is -0.410. The fourth-order valence-corrected chi connectivity index (χ4v) is 2.82. The van der Waals surface area contributed by atoms with Crippen molar-refractivity contribution >= 4 is 21.6 Å². The molecule has 19 heavy (non-hydrogen) atoms. The molecule has 1 amide bonds. The molecule has 0 atom stereocenters. The van der Waals surface area contributed by atoms with Crippen molar-refractivity contribution < 1.29 is 13.2 Å². The Bertz CT molecular complexity index is 592. The van der Waals surface area contributed by atoms with E-state index in [-0.39, 0.29) is 16.6 Å². The molecule has 0 fully saturated rings. The van der Waals surface area contributed by atoms with Gasteiger partial charge < -0.3 is 5.32 Å². The Morgan fingerprint density at radius 1 is 1.26 bits per heavy atom. The number of hydrogen-bond acceptors (Lipinski definition) is 3. The molecule has 5 nitrogen and oxygen atoms in total. The molecule has 0 unspecified atom stereocenters. The van der Waals surface area contributed by atoms with E-state index in [9.17, 15) is 13.2 Å². The lowest BCUT2D eigenvalue weighted by atomic mass is 10.3. The zero-order valence-corrected chi connectivity index (χ0v) is 12.0. The van der Waals surface area contributed by atoms with Crippen LogP contribution < -0.4 is 10.0 Å². The largest absolute Gasteiger partial charge is 0.321 e. The first-order chi connectivity index (χ1) is 8.74. The summed E-state index contributed by atoms with van der Waals surface area (Å²) in [7, 11) is -3.66. The summed E-state index contributed by atoms with van der Waals surface area (Å²) in [5, 5.41) is 2.53. The summed E-state index contributed by atoms with van der Waals surface area (Å²) in [6.07, 6.45) is 0. The molecular weight excluding hydrogens is 264 g/mol. The lowest BCUT2D eigenvalue weighted by Crippen LogP contribution is -2.31. The van der Waals surface area contributed by atoms with Crippen LogP contribution >= 0.6 is 0 Å². The molecule has 0 aliphatic rings. The summed E-state index contributed by atoms with van der Waals surface area (Å²) < 4.78 is 26.7. The van der Waals surface area contributed by atoms with Crippen molar-refractivity contribution in [3.63, 3.8) is 0 Å². The zero-order valence-electron chi connectivity index (χ0n) is 11.2. The highest BCUT2D eigenvalue weighted by Crippen LogP contribution is 2.21. The number of amides is 1. The molecule has 2 N–H and O–H groups in total. The molecule has 6 heteroatoms. The predicted molar refractivity (Wildman–Crippen MR) is 75.3 cm³/mol. The first-order valence-electron chi connectivity index (χ1n) is 5.82. The van der Waals surface area contributed by atoms with Gasteiger partial charge in [-0.25, -0.2) is 13.1 Å². The van der Waals surface area contributed by atoms with E-state index in [0.717, 1.165) is 0 Å². The van der Waals surface area contributed by atoms with Crippen LogP contribution in [0.2, 0.25) is 0 Å². The number of benzene rings is 1. The van der Waals surface area contributed by atoms with E-state index in [1.807, 2.05) is 0 Å². The number of carbonyl (C=O) groups excluding carboxylic acids is 1. The van der Waals surface area contributed by atoms with Crippen LogP contribution in [0.15, 0.2) is 41.3 Å². The van der Waals surface area contributed by atoms with Crippen LogP contribution in [-0.4, -0.2) is 20.4 Å². The third-order valence-electron chi connectivity index (χ3n) is 2.20. The fraction of sp³-hybridized carbons (Fsp3) is 0.308. The summed E-state index contributed by atoms with van der Waals surface area (Å²) in [6.45, 7) is 8.53. The maximum atomic E-state index is 12.1. The maximum Gasteiger partial charge on any atom is 0.250 e. The van der Waals surface area contributed by atoms with Crippen molar-refractivity contribution in [2.24, 2.45) is 0 Å². The number of anilines is 1. The number of nitrogens with one attached hydrogen (secondary N) is 2. The van der Waals surface area contributed by atoms with Gasteiger partial charge in [-0.1, -0.05) is 18.7 Å². The molecule has 0 bridgehead atoms. The van der Waals surface area contributed by atoms with Gasteiger partial charge in [0.25, 0.3) is 5.91 Å². The summed E-state index contributed by atoms with van der Waals surface area (Å²) >= 11 is 0. The van der Waals surface area contributed by atoms with E-state index < -0.39 is 15.9 Å². The summed E-state index contributed by atoms with van der Waals surface area (Å²) in [4.78, 5) is 11.6. The second-order valence-corrected chi connectivity index (χ2v) is 6.19. The van der Waals surface area contributed by atoms with Crippen LogP contribution in [0.1, 0.15) is 20.8 Å². The Morgan fingerprint density at radius 2 is 1.84 bits per heavy atom. The van der Waals surface area contributed by atoms with E-state index in [0.29, 0.717) is 5.57 Å². The van der Waals surface area contributed by atoms with Gasteiger partial charge in [0.05, 0.1) is 5.69 Å². The van der Waals surface area contributed by atoms with Gasteiger partial charge >= 0.3 is 0 Å². The highest BCUT2D eigenvalue weighted by Gasteiger charge is 2.20. The van der Waals surface area contributed by atoms with Crippen LogP contribution in [0.3, 0.4) is 0 Å². The molecule has 0 aliphatic heterocycles. The maximum absolute atomic E-state index is 12.1. The van der Waals surface area contributed by atoms with Gasteiger partial charge in [-0.05, 0) is 32.9 Å². The van der Waals surface area contributed by atoms with E-state index in [4.69, 9.17) is 0 Å². The molecule has 0 saturated heterocycles. The highest BCUT2D eigenvalue weighted by atomic mass is 32.2. The third kappa shape index (κ3) is 4.18. The van der Waals surface area contributed by atoms with Gasteiger partial charge in [-0.2, -0.15) is 0 Å². The van der Waals surface area contributed by atoms with Crippen molar-refractivity contribution in [3.05, 3.63) is 36.4 Å². The van der Waals surface area contributed by atoms with Crippen LogP contribution in [0.5, 0.6) is 0 Å². The molecule has 0 aliphatic carbocycles. The standard InChI is InChI=1S/C13H18N2O3S/c1-9(2)13(16)14-11-7-5-6-8-12(11)19(17,18)15-10(3)4/h5-8,10,15H,1H2,2-4H3,(H,14,16). The van der Waals surface area contributed by atoms with Crippen LogP contribution in [0, 0.1) is 0 Å². The van der Waals surface area contributed by atoms with Gasteiger partial charge in [-0.15, -0.1) is 0 Å². The number of carbonyl (C=O) groups is 1. The molecule has 104 valence electrons. The van der Waals surface area contributed by atoms with Crippen LogP contribution in [0.25, 0.3) is 0 Å². The number of hydrogen-bond donors (Lipinski definition) is 2. The quantitative estimate of drug-likeness (QED) is 0.810. The van der Waals surface area contributed by atoms with E-state index in [2.05, 4.69) is 16.6 Å². The average Bonchev–Trinajstić information content (AvgIpc) is 2.27. The van der Waals surface area contributed by atoms with E-state index >= 15 is 0 Å². The van der Waals surface area contributed by atoms with Gasteiger partial charge in [0.15, 0.2) is 0 Å². The molecular formula is C13H18N2O3S. The Kier molecular flexibility index (Phi) is 4.85. The molecule has 0 aromatic heterocycles. The molecule has 1 aromatic carbocycles. The third-order valence-corrected chi connectivity index (χ3v) is 3.92. The Hall–Kier alpha value is -1.66. The van der Waals surface area contributed by atoms with E-state index in [1.165, 1.54) is 12.1 Å². The minimum absolute atomic E-state index is 0.0401. The molecule has 0 saturated carbocycles. The lowest BCUT2D eigenvalue weighted by Gasteiger charge is -2.14. The summed E-state index contributed by atoms with van der Waals surface area (Å²) in [5.41, 5.74) is 0.549. The Labute approximate surface area is 113 Å². The van der Waals surface area contributed by atoms with Gasteiger partial charge in [0.1, 0.15) is 4.90 Å². The number of rotatable bonds is 5. The number of sulfonamides is 1. The normalized spacial score (nSPS) is 11.4. The van der Waals surface area contributed by atoms with Crippen molar-refractivity contribution in [1.82, 2.24) is 4.72 Å². The number of para-hydroxylation sites is 1. The van der Waals surface area contributed by atoms with Crippen molar-refractivity contribution in [2.75, 3.05) is 5.32 Å². The molecule has 1 aromatic rings. The first-order valence-corrected chi connectivity index (χ1v) is 7.30. The fourth-order valence-electron chi connectivity index (χ4n) is 1.41. The van der Waals surface area contributed by atoms with Gasteiger partial charge in [0.2, 0.25) is 10.0 Å². The van der Waals surface area contributed by atoms with Gasteiger partial charge in [0, 0.05) is 11.6 Å². The Morgan fingerprint density at radius 3 is 2.37 bits per heavy atom. The van der Waals surface area contributed by atoms with E-state index in [1.54, 1.807) is 32.9 Å². The SMILES string of the molecule is C=C(C)C(=O)Nc1ccccc1S(=O)(=O)NC(C)C. The van der Waals surface area contributed by atoms with Crippen molar-refractivity contribution in [2.45, 2.75) is 31.7 Å². The second-order valence-electron chi connectivity index (χ2n) is 4.51. The molecule has 0 radical (unpaired) electrons. The zero-order chi connectivity index (χ0) is 14.6. The lowest BCUT2D eigenvalue weighted by molar-refractivity contribution is -0.112. The van der Waals surface area contributed by atoms with Gasteiger partial charge in [-0.3, -0.25) is 4.79 Å². The smallest absolute Gasteiger partial charge is 0.250 e. The summed E-state index contributed by atoms with van der Waals surface area (Å²) in [6, 6.07) is 6.01. The molecule has 1 rings (SSSR count). The van der Waals surface area contributed by atoms with Crippen molar-refractivity contribution in [1.29, 1.82) is 0 Å². The first kappa shape index (κ1) is 15.4. The van der Waals surface area contributed by atoms with Crippen LogP contribution in [-0.2, 0) is 14.8 Å². The van der Waals surface area contributed by atoms with Crippen LogP contribution in [0.4, 0.5) is 5.69 Å². The molecule has 0 spiro atoms. The Balaban J connectivity index is 3.16. The minimum atomic E-state index is -3.66. The highest BCUT2D eigenvalue weighted by molar-refractivity contribution is 7.89. The minimum Gasteiger partial charge on any atom is -0.321 e. The monoisotopic (exact) mass is 282 g/mol.